The van der Waals surface area contributed by atoms with E-state index in [0.29, 0.717) is 15.0 Å². The topological polar surface area (TPSA) is 3.88 Å². The summed E-state index contributed by atoms with van der Waals surface area (Å²) in [5.74, 6) is 0. The Morgan fingerprint density at radius 1 is 0.875 bits per heavy atom. The molecule has 0 bridgehead atoms. The van der Waals surface area contributed by atoms with Crippen molar-refractivity contribution < 1.29 is 4.57 Å². The second kappa shape index (κ2) is 5.58. The average Bonchev–Trinajstić information content (AvgIpc) is 2.56. The van der Waals surface area contributed by atoms with Gasteiger partial charge in [-0.05, 0) is 0 Å². The van der Waals surface area contributed by atoms with Gasteiger partial charge in [-0.3, -0.25) is 0 Å². The molecular formula is C22H22NSe+. The maximum absolute atomic E-state index is 2.44. The molecule has 1 aromatic heterocycles. The van der Waals surface area contributed by atoms with Gasteiger partial charge in [-0.1, -0.05) is 0 Å². The third-order valence-electron chi connectivity index (χ3n) is 5.11. The summed E-state index contributed by atoms with van der Waals surface area (Å²) in [6.45, 7) is 6.97. The second-order valence-corrected chi connectivity index (χ2v) is 9.36. The predicted molar refractivity (Wildman–Crippen MR) is 101 cm³/mol. The zero-order valence-corrected chi connectivity index (χ0v) is 16.3. The number of aryl methyl sites for hydroxylation is 2. The zero-order valence-electron chi connectivity index (χ0n) is 14.6. The van der Waals surface area contributed by atoms with E-state index in [1.54, 1.807) is 0 Å². The van der Waals surface area contributed by atoms with E-state index in [-0.39, 0.29) is 5.41 Å². The number of rotatable bonds is 1. The third kappa shape index (κ3) is 2.33. The number of pyridine rings is 1. The van der Waals surface area contributed by atoms with E-state index in [0.717, 1.165) is 0 Å². The first-order chi connectivity index (χ1) is 11.5. The standard InChI is InChI=1S/C22H22NSe/c1-15-13-18-21(14-16(15)19-10-7-8-12-23(19)4)24-20-11-6-5-9-17(20)22(18,2)3/h5-14H,1-4H3/q+1. The Morgan fingerprint density at radius 2 is 1.62 bits per heavy atom. The van der Waals surface area contributed by atoms with E-state index < -0.39 is 0 Å². The van der Waals surface area contributed by atoms with Crippen molar-refractivity contribution in [1.82, 2.24) is 0 Å². The monoisotopic (exact) mass is 380 g/mol. The van der Waals surface area contributed by atoms with Crippen LogP contribution in [-0.4, -0.2) is 15.0 Å². The minimum atomic E-state index is 0.0775. The van der Waals surface area contributed by atoms with Crippen molar-refractivity contribution in [3.05, 3.63) is 77.5 Å². The molecule has 1 nitrogen and oxygen atoms in total. The van der Waals surface area contributed by atoms with Gasteiger partial charge in [0, 0.05) is 0 Å². The Kier molecular flexibility index (Phi) is 3.63. The summed E-state index contributed by atoms with van der Waals surface area (Å²) in [6, 6.07) is 20.2. The molecule has 3 aromatic rings. The van der Waals surface area contributed by atoms with Crippen molar-refractivity contribution in [2.45, 2.75) is 26.2 Å². The van der Waals surface area contributed by atoms with Gasteiger partial charge in [-0.25, -0.2) is 0 Å². The van der Waals surface area contributed by atoms with Gasteiger partial charge in [-0.15, -0.1) is 0 Å². The molecule has 0 atom stereocenters. The molecule has 1 aliphatic heterocycles. The van der Waals surface area contributed by atoms with Crippen LogP contribution in [0.2, 0.25) is 0 Å². The molecule has 0 aliphatic carbocycles. The summed E-state index contributed by atoms with van der Waals surface area (Å²) in [6.07, 6.45) is 2.12. The fourth-order valence-electron chi connectivity index (χ4n) is 3.68. The summed E-state index contributed by atoms with van der Waals surface area (Å²) in [5, 5.41) is 0. The van der Waals surface area contributed by atoms with E-state index in [1.165, 1.54) is 36.9 Å². The van der Waals surface area contributed by atoms with Crippen molar-refractivity contribution in [1.29, 1.82) is 0 Å². The van der Waals surface area contributed by atoms with Gasteiger partial charge >= 0.3 is 150 Å². The molecule has 0 radical (unpaired) electrons. The van der Waals surface area contributed by atoms with Crippen molar-refractivity contribution in [3.8, 4) is 11.3 Å². The molecule has 0 saturated heterocycles. The van der Waals surface area contributed by atoms with Crippen LogP contribution in [0.15, 0.2) is 60.8 Å². The maximum atomic E-state index is 2.44. The molecule has 0 spiro atoms. The van der Waals surface area contributed by atoms with Crippen molar-refractivity contribution in [3.63, 3.8) is 0 Å². The van der Waals surface area contributed by atoms with Crippen molar-refractivity contribution in [2.75, 3.05) is 0 Å². The van der Waals surface area contributed by atoms with Crippen LogP contribution in [0.4, 0.5) is 0 Å². The summed E-state index contributed by atoms with van der Waals surface area (Å²) in [5.41, 5.74) is 7.07. The molecule has 1 aliphatic rings. The van der Waals surface area contributed by atoms with E-state index in [2.05, 4.69) is 93.2 Å². The number of fused-ring (bicyclic) bond motifs is 2. The normalized spacial score (nSPS) is 14.8. The Morgan fingerprint density at radius 3 is 2.42 bits per heavy atom. The van der Waals surface area contributed by atoms with Gasteiger partial charge in [-0.2, -0.15) is 0 Å². The van der Waals surface area contributed by atoms with Crippen LogP contribution >= 0.6 is 0 Å². The van der Waals surface area contributed by atoms with Gasteiger partial charge in [0.15, 0.2) is 0 Å². The molecule has 0 saturated carbocycles. The van der Waals surface area contributed by atoms with Crippen LogP contribution in [0.3, 0.4) is 0 Å². The number of hydrogen-bond donors (Lipinski definition) is 0. The first kappa shape index (κ1) is 15.6. The van der Waals surface area contributed by atoms with Crippen LogP contribution in [0.1, 0.15) is 30.5 Å². The first-order valence-electron chi connectivity index (χ1n) is 8.36. The Balaban J connectivity index is 1.93. The number of hydrogen-bond acceptors (Lipinski definition) is 0. The summed E-state index contributed by atoms with van der Waals surface area (Å²) in [7, 11) is 2.12. The van der Waals surface area contributed by atoms with Crippen molar-refractivity contribution >= 4 is 23.9 Å². The Bertz CT molecular complexity index is 940. The third-order valence-corrected chi connectivity index (χ3v) is 7.49. The molecule has 0 fully saturated rings. The predicted octanol–water partition coefficient (Wildman–Crippen LogP) is 2.78. The number of nitrogens with zero attached hydrogens (tertiary/aromatic N) is 1. The SMILES string of the molecule is Cc1cc2c(cc1-c1cccc[n+]1C)[Se]c1ccccc1C2(C)C. The molecule has 0 N–H and O–H groups in total. The summed E-state index contributed by atoms with van der Waals surface area (Å²) in [4.78, 5) is 0. The molecular weight excluding hydrogens is 357 g/mol. The number of aromatic nitrogens is 1. The molecule has 2 aromatic carbocycles. The second-order valence-electron chi connectivity index (χ2n) is 7.08. The van der Waals surface area contributed by atoms with Crippen LogP contribution in [-0.2, 0) is 12.5 Å². The quantitative estimate of drug-likeness (QED) is 0.452. The minimum absolute atomic E-state index is 0.0775. The summed E-state index contributed by atoms with van der Waals surface area (Å²) < 4.78 is 5.26. The molecule has 2 heterocycles. The molecule has 120 valence electrons. The number of benzene rings is 2. The van der Waals surface area contributed by atoms with Gasteiger partial charge in [0.1, 0.15) is 0 Å². The zero-order chi connectivity index (χ0) is 16.9. The van der Waals surface area contributed by atoms with E-state index >= 15 is 0 Å². The van der Waals surface area contributed by atoms with Gasteiger partial charge in [0.05, 0.1) is 0 Å². The molecule has 2 heteroatoms. The fourth-order valence-corrected chi connectivity index (χ4v) is 6.65. The van der Waals surface area contributed by atoms with E-state index in [1.807, 2.05) is 0 Å². The molecule has 0 unspecified atom stereocenters. The van der Waals surface area contributed by atoms with Crippen LogP contribution < -0.4 is 13.5 Å². The van der Waals surface area contributed by atoms with Gasteiger partial charge < -0.3 is 0 Å². The summed E-state index contributed by atoms with van der Waals surface area (Å²) >= 11 is 0.372. The fraction of sp³-hybridized carbons (Fsp3) is 0.227. The van der Waals surface area contributed by atoms with Gasteiger partial charge in [0.25, 0.3) is 0 Å². The van der Waals surface area contributed by atoms with E-state index in [4.69, 9.17) is 0 Å². The van der Waals surface area contributed by atoms with Crippen LogP contribution in [0.5, 0.6) is 0 Å². The Hall–Kier alpha value is -1.89. The Labute approximate surface area is 150 Å². The van der Waals surface area contributed by atoms with Gasteiger partial charge in [0.2, 0.25) is 0 Å². The van der Waals surface area contributed by atoms with E-state index in [9.17, 15) is 0 Å². The van der Waals surface area contributed by atoms with Crippen LogP contribution in [0.25, 0.3) is 11.3 Å². The first-order valence-corrected chi connectivity index (χ1v) is 10.1. The van der Waals surface area contributed by atoms with Crippen molar-refractivity contribution in [2.24, 2.45) is 7.05 Å². The molecule has 0 amide bonds. The molecule has 4 rings (SSSR count). The van der Waals surface area contributed by atoms with Crippen LogP contribution in [0, 0.1) is 6.92 Å². The molecule has 24 heavy (non-hydrogen) atoms. The average molecular weight is 379 g/mol.